The van der Waals surface area contributed by atoms with Gasteiger partial charge in [-0.3, -0.25) is 0 Å². The van der Waals surface area contributed by atoms with Crippen LogP contribution in [-0.4, -0.2) is 4.98 Å². The van der Waals surface area contributed by atoms with Crippen molar-refractivity contribution in [3.8, 4) is 0 Å². The summed E-state index contributed by atoms with van der Waals surface area (Å²) in [4.78, 5) is 5.57. The minimum absolute atomic E-state index is 0.711. The summed E-state index contributed by atoms with van der Waals surface area (Å²) in [7, 11) is 0. The van der Waals surface area contributed by atoms with E-state index >= 15 is 0 Å². The van der Waals surface area contributed by atoms with Gasteiger partial charge >= 0.3 is 0 Å². The van der Waals surface area contributed by atoms with Gasteiger partial charge in [-0.05, 0) is 54.7 Å². The average molecular weight is 242 g/mol. The van der Waals surface area contributed by atoms with Crippen molar-refractivity contribution in [1.29, 1.82) is 0 Å². The Morgan fingerprint density at radius 3 is 2.76 bits per heavy atom. The van der Waals surface area contributed by atoms with Crippen molar-refractivity contribution in [2.45, 2.75) is 29.2 Å². The summed E-state index contributed by atoms with van der Waals surface area (Å²) < 4.78 is 0. The van der Waals surface area contributed by atoms with Crippen LogP contribution in [0.1, 0.15) is 17.5 Å². The Bertz CT molecular complexity index is 534. The van der Waals surface area contributed by atoms with Crippen LogP contribution < -0.4 is 5.73 Å². The standard InChI is InChI=1S/C14H14N2S/c15-12-5-7-14(16-9-12)17-13-6-4-10-2-1-3-11(10)8-13/h4-9H,1-3,15H2. The van der Waals surface area contributed by atoms with E-state index in [1.807, 2.05) is 12.1 Å². The fourth-order valence-corrected chi connectivity index (χ4v) is 3.00. The number of nitrogens with zero attached hydrogens (tertiary/aromatic N) is 1. The molecule has 1 aliphatic rings. The monoisotopic (exact) mass is 242 g/mol. The van der Waals surface area contributed by atoms with Crippen LogP contribution in [-0.2, 0) is 12.8 Å². The molecule has 2 nitrogen and oxygen atoms in total. The number of aromatic nitrogens is 1. The van der Waals surface area contributed by atoms with Crippen LogP contribution in [0.15, 0.2) is 46.5 Å². The first-order chi connectivity index (χ1) is 8.31. The zero-order valence-electron chi connectivity index (χ0n) is 9.52. The third-order valence-corrected chi connectivity index (χ3v) is 3.99. The first-order valence-electron chi connectivity index (χ1n) is 5.82. The molecule has 0 unspecified atom stereocenters. The molecule has 1 aromatic carbocycles. The van der Waals surface area contributed by atoms with E-state index in [0.29, 0.717) is 5.69 Å². The number of hydrogen-bond acceptors (Lipinski definition) is 3. The van der Waals surface area contributed by atoms with E-state index in [0.717, 1.165) is 5.03 Å². The van der Waals surface area contributed by atoms with E-state index in [2.05, 4.69) is 23.2 Å². The number of anilines is 1. The van der Waals surface area contributed by atoms with Gasteiger partial charge in [0, 0.05) is 4.90 Å². The van der Waals surface area contributed by atoms with Crippen LogP contribution in [0.4, 0.5) is 5.69 Å². The Balaban J connectivity index is 1.83. The highest BCUT2D eigenvalue weighted by Crippen LogP contribution is 2.31. The second kappa shape index (κ2) is 4.41. The zero-order chi connectivity index (χ0) is 11.7. The molecule has 0 saturated heterocycles. The third-order valence-electron chi connectivity index (χ3n) is 3.05. The summed E-state index contributed by atoms with van der Waals surface area (Å²) >= 11 is 1.70. The third kappa shape index (κ3) is 2.29. The van der Waals surface area contributed by atoms with Gasteiger partial charge in [0.1, 0.15) is 5.03 Å². The van der Waals surface area contributed by atoms with Crippen LogP contribution in [0.25, 0.3) is 0 Å². The predicted octanol–water partition coefficient (Wildman–Crippen LogP) is 3.30. The molecule has 2 aromatic rings. The number of benzene rings is 1. The van der Waals surface area contributed by atoms with E-state index in [9.17, 15) is 0 Å². The molecule has 1 heterocycles. The van der Waals surface area contributed by atoms with Gasteiger partial charge in [-0.1, -0.05) is 17.8 Å². The Hall–Kier alpha value is -1.48. The lowest BCUT2D eigenvalue weighted by atomic mass is 10.1. The molecular weight excluding hydrogens is 228 g/mol. The van der Waals surface area contributed by atoms with E-state index in [1.165, 1.54) is 35.3 Å². The highest BCUT2D eigenvalue weighted by molar-refractivity contribution is 7.99. The number of aryl methyl sites for hydroxylation is 2. The Morgan fingerprint density at radius 1 is 1.06 bits per heavy atom. The maximum atomic E-state index is 5.62. The fraction of sp³-hybridized carbons (Fsp3) is 0.214. The van der Waals surface area contributed by atoms with Gasteiger partial charge in [0.15, 0.2) is 0 Å². The minimum atomic E-state index is 0.711. The minimum Gasteiger partial charge on any atom is -0.397 e. The van der Waals surface area contributed by atoms with Crippen LogP contribution in [0.5, 0.6) is 0 Å². The first kappa shape index (κ1) is 10.7. The molecule has 3 rings (SSSR count). The zero-order valence-corrected chi connectivity index (χ0v) is 10.3. The van der Waals surface area contributed by atoms with Gasteiger partial charge in [0.25, 0.3) is 0 Å². The SMILES string of the molecule is Nc1ccc(Sc2ccc3c(c2)CCC3)nc1. The van der Waals surface area contributed by atoms with Crippen LogP contribution >= 0.6 is 11.8 Å². The van der Waals surface area contributed by atoms with E-state index in [-0.39, 0.29) is 0 Å². The van der Waals surface area contributed by atoms with Crippen molar-refractivity contribution in [2.24, 2.45) is 0 Å². The van der Waals surface area contributed by atoms with Gasteiger partial charge in [-0.15, -0.1) is 0 Å². The number of nitrogen functional groups attached to an aromatic ring is 1. The van der Waals surface area contributed by atoms with Gasteiger partial charge in [0.2, 0.25) is 0 Å². The quantitative estimate of drug-likeness (QED) is 0.878. The van der Waals surface area contributed by atoms with Gasteiger partial charge < -0.3 is 5.73 Å². The molecule has 86 valence electrons. The summed E-state index contributed by atoms with van der Waals surface area (Å²) in [6.45, 7) is 0. The van der Waals surface area contributed by atoms with Crippen LogP contribution in [0.2, 0.25) is 0 Å². The molecule has 0 atom stereocenters. The normalized spacial score (nSPS) is 13.6. The second-order valence-electron chi connectivity index (χ2n) is 4.32. The van der Waals surface area contributed by atoms with Gasteiger partial charge in [-0.25, -0.2) is 4.98 Å². The first-order valence-corrected chi connectivity index (χ1v) is 6.64. The molecule has 17 heavy (non-hydrogen) atoms. The van der Waals surface area contributed by atoms with Crippen molar-refractivity contribution in [2.75, 3.05) is 5.73 Å². The molecule has 0 saturated carbocycles. The molecule has 2 N–H and O–H groups in total. The summed E-state index contributed by atoms with van der Waals surface area (Å²) in [6, 6.07) is 10.6. The fourth-order valence-electron chi connectivity index (χ4n) is 2.18. The molecule has 1 aromatic heterocycles. The number of pyridine rings is 1. The molecule has 0 bridgehead atoms. The van der Waals surface area contributed by atoms with E-state index in [1.54, 1.807) is 18.0 Å². The number of nitrogens with two attached hydrogens (primary N) is 1. The maximum Gasteiger partial charge on any atom is 0.101 e. The van der Waals surface area contributed by atoms with Crippen LogP contribution in [0, 0.1) is 0 Å². The highest BCUT2D eigenvalue weighted by Gasteiger charge is 2.11. The Labute approximate surface area is 105 Å². The summed E-state index contributed by atoms with van der Waals surface area (Å²) in [5.74, 6) is 0. The Kier molecular flexibility index (Phi) is 2.77. The number of fused-ring (bicyclic) bond motifs is 1. The predicted molar refractivity (Wildman–Crippen MR) is 71.2 cm³/mol. The second-order valence-corrected chi connectivity index (χ2v) is 5.41. The van der Waals surface area contributed by atoms with Gasteiger partial charge in [-0.2, -0.15) is 0 Å². The van der Waals surface area contributed by atoms with Crippen molar-refractivity contribution in [3.05, 3.63) is 47.7 Å². The lowest BCUT2D eigenvalue weighted by molar-refractivity contribution is 0.911. The maximum absolute atomic E-state index is 5.62. The van der Waals surface area contributed by atoms with E-state index in [4.69, 9.17) is 5.73 Å². The molecule has 0 aliphatic heterocycles. The van der Waals surface area contributed by atoms with Gasteiger partial charge in [0.05, 0.1) is 11.9 Å². The molecule has 0 spiro atoms. The lowest BCUT2D eigenvalue weighted by Gasteiger charge is -2.04. The van der Waals surface area contributed by atoms with Crippen molar-refractivity contribution >= 4 is 17.4 Å². The molecule has 0 fully saturated rings. The highest BCUT2D eigenvalue weighted by atomic mass is 32.2. The van der Waals surface area contributed by atoms with Crippen molar-refractivity contribution in [3.63, 3.8) is 0 Å². The molecule has 3 heteroatoms. The molecule has 1 aliphatic carbocycles. The van der Waals surface area contributed by atoms with Crippen molar-refractivity contribution in [1.82, 2.24) is 4.98 Å². The average Bonchev–Trinajstić information content (AvgIpc) is 2.79. The number of hydrogen-bond donors (Lipinski definition) is 1. The van der Waals surface area contributed by atoms with Crippen molar-refractivity contribution < 1.29 is 0 Å². The smallest absolute Gasteiger partial charge is 0.101 e. The Morgan fingerprint density at radius 2 is 1.94 bits per heavy atom. The summed E-state index contributed by atoms with van der Waals surface area (Å²) in [5, 5.41) is 0.997. The number of rotatable bonds is 2. The molecular formula is C14H14N2S. The van der Waals surface area contributed by atoms with Crippen LogP contribution in [0.3, 0.4) is 0 Å². The molecule has 0 amide bonds. The summed E-state index contributed by atoms with van der Waals surface area (Å²) in [6.07, 6.45) is 5.46. The lowest BCUT2D eigenvalue weighted by Crippen LogP contribution is -1.87. The topological polar surface area (TPSA) is 38.9 Å². The summed E-state index contributed by atoms with van der Waals surface area (Å²) in [5.41, 5.74) is 9.35. The van der Waals surface area contributed by atoms with E-state index < -0.39 is 0 Å². The molecule has 0 radical (unpaired) electrons. The largest absolute Gasteiger partial charge is 0.397 e.